The molecule has 21 heavy (non-hydrogen) atoms. The fourth-order valence-electron chi connectivity index (χ4n) is 1.47. The van der Waals surface area contributed by atoms with E-state index < -0.39 is 18.2 Å². The number of hydrogen-bond acceptors (Lipinski definition) is 4. The van der Waals surface area contributed by atoms with Crippen LogP contribution < -0.4 is 4.74 Å². The van der Waals surface area contributed by atoms with E-state index in [9.17, 15) is 9.59 Å². The Bertz CT molecular complexity index is 528. The quantitative estimate of drug-likeness (QED) is 0.475. The van der Waals surface area contributed by atoms with E-state index in [2.05, 4.69) is 0 Å². The maximum absolute atomic E-state index is 11.4. The largest absolute Gasteiger partial charge is 0.478 e. The van der Waals surface area contributed by atoms with Crippen molar-refractivity contribution in [2.75, 3.05) is 0 Å². The van der Waals surface area contributed by atoms with Crippen molar-refractivity contribution < 1.29 is 24.2 Å². The Morgan fingerprint density at radius 3 is 2.43 bits per heavy atom. The minimum absolute atomic E-state index is 0.453. The minimum atomic E-state index is -1.00. The summed E-state index contributed by atoms with van der Waals surface area (Å²) in [6, 6.07) is 6.81. The highest BCUT2D eigenvalue weighted by Gasteiger charge is 2.11. The van der Waals surface area contributed by atoms with Crippen molar-refractivity contribution in [2.24, 2.45) is 0 Å². The summed E-state index contributed by atoms with van der Waals surface area (Å²) in [7, 11) is 0. The summed E-state index contributed by atoms with van der Waals surface area (Å²) >= 11 is 0. The van der Waals surface area contributed by atoms with E-state index >= 15 is 0 Å². The molecule has 0 aliphatic rings. The van der Waals surface area contributed by atoms with Gasteiger partial charge in [-0.2, -0.15) is 0 Å². The molecule has 5 nitrogen and oxygen atoms in total. The van der Waals surface area contributed by atoms with Crippen LogP contribution >= 0.6 is 0 Å². The van der Waals surface area contributed by atoms with Crippen LogP contribution in [0.4, 0.5) is 0 Å². The number of carboxylic acids is 1. The molecule has 0 heterocycles. The summed E-state index contributed by atoms with van der Waals surface area (Å²) in [6.45, 7) is 3.57. The lowest BCUT2D eigenvalue weighted by Crippen LogP contribution is -2.22. The average Bonchev–Trinajstić information content (AvgIpc) is 2.46. The Kier molecular flexibility index (Phi) is 6.74. The molecule has 5 heteroatoms. The van der Waals surface area contributed by atoms with Gasteiger partial charge in [0, 0.05) is 18.6 Å². The maximum atomic E-state index is 11.4. The highest BCUT2D eigenvalue weighted by Crippen LogP contribution is 2.16. The second-order valence-electron chi connectivity index (χ2n) is 4.13. The number of hydrogen-bond donors (Lipinski definition) is 1. The number of esters is 1. The normalized spacial score (nSPS) is 12.5. The van der Waals surface area contributed by atoms with Gasteiger partial charge < -0.3 is 14.6 Å². The molecule has 1 N–H and O–H groups in total. The molecule has 0 aliphatic heterocycles. The van der Waals surface area contributed by atoms with E-state index in [1.54, 1.807) is 37.3 Å². The van der Waals surface area contributed by atoms with E-state index in [1.165, 1.54) is 12.2 Å². The Morgan fingerprint density at radius 1 is 1.24 bits per heavy atom. The molecule has 1 unspecified atom stereocenters. The molecular weight excluding hydrogens is 272 g/mol. The van der Waals surface area contributed by atoms with Crippen LogP contribution in [0.15, 0.2) is 42.5 Å². The van der Waals surface area contributed by atoms with Crippen LogP contribution in [0.5, 0.6) is 5.75 Å². The van der Waals surface area contributed by atoms with Gasteiger partial charge in [-0.05, 0) is 30.7 Å². The van der Waals surface area contributed by atoms with Crippen molar-refractivity contribution in [2.45, 2.75) is 26.6 Å². The lowest BCUT2D eigenvalue weighted by Gasteiger charge is -2.17. The molecular formula is C16H18O5. The SMILES string of the molecule is C/C=C/C(=O)OC(CC)Oc1ccc(/C=C/C(=O)O)cc1. The Hall–Kier alpha value is -2.56. The van der Waals surface area contributed by atoms with Crippen molar-refractivity contribution >= 4 is 18.0 Å². The number of aliphatic carboxylic acids is 1. The van der Waals surface area contributed by atoms with Crippen molar-refractivity contribution in [1.29, 1.82) is 0 Å². The van der Waals surface area contributed by atoms with Crippen LogP contribution in [0.25, 0.3) is 6.08 Å². The molecule has 0 amide bonds. The van der Waals surface area contributed by atoms with Gasteiger partial charge >= 0.3 is 11.9 Å². The number of rotatable bonds is 7. The average molecular weight is 290 g/mol. The molecule has 0 aromatic heterocycles. The summed E-state index contributed by atoms with van der Waals surface area (Å²) in [5, 5.41) is 8.54. The third kappa shape index (κ3) is 6.42. The molecule has 112 valence electrons. The summed E-state index contributed by atoms with van der Waals surface area (Å²) < 4.78 is 10.7. The van der Waals surface area contributed by atoms with E-state index in [1.807, 2.05) is 6.92 Å². The molecule has 1 aromatic rings. The Morgan fingerprint density at radius 2 is 1.90 bits per heavy atom. The molecule has 0 fully saturated rings. The van der Waals surface area contributed by atoms with Crippen molar-refractivity contribution in [3.05, 3.63) is 48.1 Å². The predicted molar refractivity (Wildman–Crippen MR) is 78.7 cm³/mol. The van der Waals surface area contributed by atoms with E-state index in [-0.39, 0.29) is 0 Å². The van der Waals surface area contributed by atoms with Gasteiger partial charge in [0.05, 0.1) is 0 Å². The monoisotopic (exact) mass is 290 g/mol. The van der Waals surface area contributed by atoms with Crippen LogP contribution in [-0.4, -0.2) is 23.3 Å². The molecule has 1 aromatic carbocycles. The molecule has 0 radical (unpaired) electrons. The van der Waals surface area contributed by atoms with Gasteiger partial charge in [-0.15, -0.1) is 0 Å². The zero-order chi connectivity index (χ0) is 15.7. The topological polar surface area (TPSA) is 72.8 Å². The molecule has 0 bridgehead atoms. The fraction of sp³-hybridized carbons (Fsp3) is 0.250. The zero-order valence-corrected chi connectivity index (χ0v) is 12.0. The summed E-state index contributed by atoms with van der Waals surface area (Å²) in [4.78, 5) is 21.8. The highest BCUT2D eigenvalue weighted by molar-refractivity contribution is 5.85. The van der Waals surface area contributed by atoms with Gasteiger partial charge in [0.25, 0.3) is 0 Å². The van der Waals surface area contributed by atoms with Gasteiger partial charge in [-0.25, -0.2) is 9.59 Å². The smallest absolute Gasteiger partial charge is 0.333 e. The lowest BCUT2D eigenvalue weighted by atomic mass is 10.2. The van der Waals surface area contributed by atoms with Crippen molar-refractivity contribution in [3.63, 3.8) is 0 Å². The van der Waals surface area contributed by atoms with Crippen LogP contribution in [0.2, 0.25) is 0 Å². The Labute approximate surface area is 123 Å². The van der Waals surface area contributed by atoms with Crippen molar-refractivity contribution in [1.82, 2.24) is 0 Å². The van der Waals surface area contributed by atoms with Gasteiger partial charge in [0.1, 0.15) is 5.75 Å². The first kappa shape index (κ1) is 16.5. The number of carboxylic acid groups (broad SMARTS) is 1. The third-order valence-corrected chi connectivity index (χ3v) is 2.45. The fourth-order valence-corrected chi connectivity index (χ4v) is 1.47. The summed E-state index contributed by atoms with van der Waals surface area (Å²) in [6.07, 6.45) is 5.32. The number of benzene rings is 1. The lowest BCUT2D eigenvalue weighted by molar-refractivity contribution is -0.157. The standard InChI is InChI=1S/C16H18O5/c1-3-5-15(19)21-16(4-2)20-13-9-6-12(7-10-13)8-11-14(17)18/h3,5-11,16H,4H2,1-2H3,(H,17,18)/b5-3+,11-8+. The molecule has 1 atom stereocenters. The van der Waals surface area contributed by atoms with Crippen LogP contribution in [0, 0.1) is 0 Å². The number of ether oxygens (including phenoxy) is 2. The first-order valence-electron chi connectivity index (χ1n) is 6.56. The highest BCUT2D eigenvalue weighted by atomic mass is 16.7. The summed E-state index contributed by atoms with van der Waals surface area (Å²) in [5.74, 6) is -0.912. The summed E-state index contributed by atoms with van der Waals surface area (Å²) in [5.41, 5.74) is 0.740. The van der Waals surface area contributed by atoms with Gasteiger partial charge in [0.15, 0.2) is 0 Å². The first-order chi connectivity index (χ1) is 10.0. The number of carbonyl (C=O) groups excluding carboxylic acids is 1. The molecule has 0 spiro atoms. The van der Waals surface area contributed by atoms with Gasteiger partial charge in [-0.1, -0.05) is 25.1 Å². The second-order valence-corrected chi connectivity index (χ2v) is 4.13. The second kappa shape index (κ2) is 8.58. The van der Waals surface area contributed by atoms with Crippen LogP contribution in [0.1, 0.15) is 25.8 Å². The predicted octanol–water partition coefficient (Wildman–Crippen LogP) is 3.02. The zero-order valence-electron chi connectivity index (χ0n) is 12.0. The molecule has 0 aliphatic carbocycles. The van der Waals surface area contributed by atoms with Gasteiger partial charge in [-0.3, -0.25) is 0 Å². The van der Waals surface area contributed by atoms with Crippen LogP contribution in [0.3, 0.4) is 0 Å². The Balaban J connectivity index is 2.64. The number of allylic oxidation sites excluding steroid dienone is 1. The maximum Gasteiger partial charge on any atom is 0.333 e. The van der Waals surface area contributed by atoms with E-state index in [4.69, 9.17) is 14.6 Å². The molecule has 0 saturated heterocycles. The number of carbonyl (C=O) groups is 2. The first-order valence-corrected chi connectivity index (χ1v) is 6.56. The molecule has 0 saturated carbocycles. The van der Waals surface area contributed by atoms with Crippen LogP contribution in [-0.2, 0) is 14.3 Å². The van der Waals surface area contributed by atoms with E-state index in [0.717, 1.165) is 11.6 Å². The van der Waals surface area contributed by atoms with Crippen molar-refractivity contribution in [3.8, 4) is 5.75 Å². The van der Waals surface area contributed by atoms with Gasteiger partial charge in [0.2, 0.25) is 6.29 Å². The minimum Gasteiger partial charge on any atom is -0.478 e. The van der Waals surface area contributed by atoms with E-state index in [0.29, 0.717) is 12.2 Å². The molecule has 1 rings (SSSR count). The third-order valence-electron chi connectivity index (χ3n) is 2.45.